The lowest BCUT2D eigenvalue weighted by Gasteiger charge is -2.15. The van der Waals surface area contributed by atoms with Gasteiger partial charge >= 0.3 is 0 Å². The minimum Gasteiger partial charge on any atom is -0.322 e. The summed E-state index contributed by atoms with van der Waals surface area (Å²) < 4.78 is 1.06. The number of pyridine rings is 1. The van der Waals surface area contributed by atoms with Gasteiger partial charge in [-0.25, -0.2) is 0 Å². The van der Waals surface area contributed by atoms with Crippen molar-refractivity contribution < 1.29 is 0 Å². The Morgan fingerprint density at radius 1 is 1.28 bits per heavy atom. The van der Waals surface area contributed by atoms with Crippen molar-refractivity contribution >= 4 is 32.5 Å². The van der Waals surface area contributed by atoms with Crippen LogP contribution >= 0.6 is 15.9 Å². The van der Waals surface area contributed by atoms with Gasteiger partial charge in [0.2, 0.25) is 0 Å². The predicted octanol–water partition coefficient (Wildman–Crippen LogP) is 3.94. The average Bonchev–Trinajstić information content (AvgIpc) is 2.91. The van der Waals surface area contributed by atoms with Crippen LogP contribution in [0.25, 0.3) is 10.9 Å². The van der Waals surface area contributed by atoms with Gasteiger partial charge in [-0.2, -0.15) is 0 Å². The summed E-state index contributed by atoms with van der Waals surface area (Å²) in [6, 6.07) is 8.20. The van der Waals surface area contributed by atoms with Crippen LogP contribution in [0.1, 0.15) is 37.3 Å². The second kappa shape index (κ2) is 4.86. The third-order valence-electron chi connectivity index (χ3n) is 3.73. The van der Waals surface area contributed by atoms with Gasteiger partial charge in [0.1, 0.15) is 0 Å². The molecule has 1 saturated carbocycles. The van der Waals surface area contributed by atoms with Crippen LogP contribution in [0.3, 0.4) is 0 Å². The molecule has 0 saturated heterocycles. The second-order valence-corrected chi connectivity index (χ2v) is 5.71. The van der Waals surface area contributed by atoms with Gasteiger partial charge in [-0.1, -0.05) is 34.8 Å². The molecule has 1 aliphatic rings. The van der Waals surface area contributed by atoms with Crippen molar-refractivity contribution in [1.29, 1.82) is 0 Å². The maximum atomic E-state index is 5.65. The quantitative estimate of drug-likeness (QED) is 0.652. The van der Waals surface area contributed by atoms with E-state index >= 15 is 0 Å². The van der Waals surface area contributed by atoms with E-state index < -0.39 is 0 Å². The van der Waals surface area contributed by atoms with Crippen molar-refractivity contribution in [1.82, 2.24) is 4.98 Å². The lowest BCUT2D eigenvalue weighted by Crippen LogP contribution is -2.12. The van der Waals surface area contributed by atoms with Crippen molar-refractivity contribution in [2.75, 3.05) is 5.43 Å². The first kappa shape index (κ1) is 11.9. The summed E-state index contributed by atoms with van der Waals surface area (Å²) in [5.41, 5.74) is 5.93. The van der Waals surface area contributed by atoms with E-state index in [1.165, 1.54) is 25.7 Å². The number of nitrogen functional groups attached to an aromatic ring is 1. The maximum Gasteiger partial charge on any atom is 0.0718 e. The standard InChI is InChI=1S/C14H16BrN3/c15-11-6-3-7-12-10(11)8-13(18-16)14(17-12)9-4-1-2-5-9/h3,6-9,18H,1-2,4-5,16H2. The zero-order valence-corrected chi connectivity index (χ0v) is 11.7. The van der Waals surface area contributed by atoms with Crippen LogP contribution in [0.4, 0.5) is 5.69 Å². The number of benzene rings is 1. The Morgan fingerprint density at radius 3 is 2.78 bits per heavy atom. The second-order valence-electron chi connectivity index (χ2n) is 4.85. The van der Waals surface area contributed by atoms with E-state index in [0.29, 0.717) is 5.92 Å². The Hall–Kier alpha value is -1.13. The summed E-state index contributed by atoms with van der Waals surface area (Å²) in [4.78, 5) is 4.82. The molecule has 18 heavy (non-hydrogen) atoms. The third-order valence-corrected chi connectivity index (χ3v) is 4.42. The molecule has 4 heteroatoms. The molecule has 0 atom stereocenters. The molecule has 1 aromatic heterocycles. The van der Waals surface area contributed by atoms with Crippen molar-refractivity contribution in [2.45, 2.75) is 31.6 Å². The number of aromatic nitrogens is 1. The Bertz CT molecular complexity index is 577. The van der Waals surface area contributed by atoms with Gasteiger partial charge in [0, 0.05) is 15.8 Å². The highest BCUT2D eigenvalue weighted by molar-refractivity contribution is 9.10. The number of anilines is 1. The minimum absolute atomic E-state index is 0.555. The topological polar surface area (TPSA) is 50.9 Å². The highest BCUT2D eigenvalue weighted by atomic mass is 79.9. The molecule has 1 aromatic carbocycles. The summed E-state index contributed by atoms with van der Waals surface area (Å²) in [5, 5.41) is 1.10. The van der Waals surface area contributed by atoms with Crippen LogP contribution in [-0.4, -0.2) is 4.98 Å². The average molecular weight is 306 g/mol. The Morgan fingerprint density at radius 2 is 2.06 bits per heavy atom. The number of hydrogen-bond donors (Lipinski definition) is 2. The molecule has 0 unspecified atom stereocenters. The summed E-state index contributed by atoms with van der Waals surface area (Å²) in [6.07, 6.45) is 5.04. The zero-order valence-electron chi connectivity index (χ0n) is 10.1. The molecule has 3 nitrogen and oxygen atoms in total. The van der Waals surface area contributed by atoms with E-state index in [-0.39, 0.29) is 0 Å². The predicted molar refractivity (Wildman–Crippen MR) is 78.5 cm³/mol. The van der Waals surface area contributed by atoms with Crippen molar-refractivity contribution in [3.63, 3.8) is 0 Å². The van der Waals surface area contributed by atoms with Crippen LogP contribution in [0.2, 0.25) is 0 Å². The van der Waals surface area contributed by atoms with Gasteiger partial charge in [0.25, 0.3) is 0 Å². The first-order valence-corrected chi connectivity index (χ1v) is 7.14. The van der Waals surface area contributed by atoms with Crippen LogP contribution in [0, 0.1) is 0 Å². The number of fused-ring (bicyclic) bond motifs is 1. The third kappa shape index (κ3) is 1.99. The fourth-order valence-electron chi connectivity index (χ4n) is 2.80. The lowest BCUT2D eigenvalue weighted by molar-refractivity contribution is 0.702. The summed E-state index contributed by atoms with van der Waals surface area (Å²) in [5.74, 6) is 6.21. The van der Waals surface area contributed by atoms with Gasteiger partial charge in [0.15, 0.2) is 0 Å². The number of hydrazine groups is 1. The Balaban J connectivity index is 2.18. The number of nitrogens with zero attached hydrogens (tertiary/aromatic N) is 1. The molecule has 2 aromatic rings. The number of hydrogen-bond acceptors (Lipinski definition) is 3. The fraction of sp³-hybridized carbons (Fsp3) is 0.357. The minimum atomic E-state index is 0.555. The summed E-state index contributed by atoms with van der Waals surface area (Å²) >= 11 is 3.56. The van der Waals surface area contributed by atoms with E-state index in [9.17, 15) is 0 Å². The molecule has 94 valence electrons. The Kier molecular flexibility index (Phi) is 3.22. The van der Waals surface area contributed by atoms with Crippen LogP contribution < -0.4 is 11.3 Å². The lowest BCUT2D eigenvalue weighted by atomic mass is 10.0. The molecule has 3 rings (SSSR count). The first-order valence-electron chi connectivity index (χ1n) is 6.35. The molecular weight excluding hydrogens is 290 g/mol. The molecule has 1 aliphatic carbocycles. The largest absolute Gasteiger partial charge is 0.322 e. The number of nitrogens with two attached hydrogens (primary N) is 1. The smallest absolute Gasteiger partial charge is 0.0718 e. The molecule has 0 aliphatic heterocycles. The number of halogens is 1. The molecule has 1 heterocycles. The first-order chi connectivity index (χ1) is 8.79. The molecule has 1 fully saturated rings. The number of rotatable bonds is 2. The van der Waals surface area contributed by atoms with Crippen LogP contribution in [-0.2, 0) is 0 Å². The fourth-order valence-corrected chi connectivity index (χ4v) is 3.27. The molecule has 0 spiro atoms. The van der Waals surface area contributed by atoms with Crippen LogP contribution in [0.15, 0.2) is 28.7 Å². The van der Waals surface area contributed by atoms with Crippen molar-refractivity contribution in [3.8, 4) is 0 Å². The molecule has 0 radical (unpaired) electrons. The highest BCUT2D eigenvalue weighted by Gasteiger charge is 2.22. The SMILES string of the molecule is NNc1cc2c(Br)cccc2nc1C1CCCC1. The van der Waals surface area contributed by atoms with Gasteiger partial charge in [0.05, 0.1) is 16.9 Å². The summed E-state index contributed by atoms with van der Waals surface area (Å²) in [7, 11) is 0. The molecule has 3 N–H and O–H groups in total. The van der Waals surface area contributed by atoms with Crippen molar-refractivity contribution in [2.24, 2.45) is 5.84 Å². The summed E-state index contributed by atoms with van der Waals surface area (Å²) in [6.45, 7) is 0. The molecule has 0 bridgehead atoms. The highest BCUT2D eigenvalue weighted by Crippen LogP contribution is 2.38. The zero-order chi connectivity index (χ0) is 12.5. The van der Waals surface area contributed by atoms with Gasteiger partial charge in [-0.3, -0.25) is 10.8 Å². The van der Waals surface area contributed by atoms with E-state index in [0.717, 1.165) is 26.8 Å². The van der Waals surface area contributed by atoms with E-state index in [1.807, 2.05) is 12.1 Å². The van der Waals surface area contributed by atoms with Crippen molar-refractivity contribution in [3.05, 3.63) is 34.4 Å². The Labute approximate surface area is 115 Å². The van der Waals surface area contributed by atoms with Crippen LogP contribution in [0.5, 0.6) is 0 Å². The van der Waals surface area contributed by atoms with E-state index in [2.05, 4.69) is 33.5 Å². The normalized spacial score (nSPS) is 16.3. The number of nitrogens with one attached hydrogen (secondary N) is 1. The van der Waals surface area contributed by atoms with Gasteiger partial charge in [-0.15, -0.1) is 0 Å². The molecule has 0 amide bonds. The monoisotopic (exact) mass is 305 g/mol. The maximum absolute atomic E-state index is 5.65. The van der Waals surface area contributed by atoms with E-state index in [4.69, 9.17) is 10.8 Å². The van der Waals surface area contributed by atoms with E-state index in [1.54, 1.807) is 0 Å². The molecular formula is C14H16BrN3. The van der Waals surface area contributed by atoms with Gasteiger partial charge in [-0.05, 0) is 31.0 Å². The van der Waals surface area contributed by atoms with Gasteiger partial charge < -0.3 is 5.43 Å².